The number of Topliss-reactive ketones (excluding diaryl/α,β-unsaturated/α-hetero) is 1. The maximum atomic E-state index is 12.8. The van der Waals surface area contributed by atoms with Crippen molar-refractivity contribution in [2.24, 2.45) is 0 Å². The molecule has 6 heteroatoms. The first-order valence-electron chi connectivity index (χ1n) is 8.14. The number of benzene rings is 2. The molecule has 0 saturated carbocycles. The van der Waals surface area contributed by atoms with Gasteiger partial charge in [-0.25, -0.2) is 0 Å². The number of ketones is 1. The number of hydrogen-bond acceptors (Lipinski definition) is 4. The molecule has 1 amide bonds. The summed E-state index contributed by atoms with van der Waals surface area (Å²) >= 11 is 3.37. The number of anilines is 1. The van der Waals surface area contributed by atoms with Gasteiger partial charge in [-0.2, -0.15) is 0 Å². The number of halogens is 1. The van der Waals surface area contributed by atoms with Crippen LogP contribution in [0, 0.1) is 0 Å². The van der Waals surface area contributed by atoms with Gasteiger partial charge in [0, 0.05) is 23.7 Å². The first-order valence-corrected chi connectivity index (χ1v) is 8.93. The minimum absolute atomic E-state index is 0.0979. The SMILES string of the molecule is COCCC(=O)C1=C(O)C(=O)N(c2ccc(Br)cc2)C1c1ccccc1. The average Bonchev–Trinajstić information content (AvgIpc) is 2.92. The largest absolute Gasteiger partial charge is 0.503 e. The third kappa shape index (κ3) is 3.43. The predicted octanol–water partition coefficient (Wildman–Crippen LogP) is 3.95. The van der Waals surface area contributed by atoms with Gasteiger partial charge < -0.3 is 9.84 Å². The van der Waals surface area contributed by atoms with Crippen molar-refractivity contribution >= 4 is 33.3 Å². The lowest BCUT2D eigenvalue weighted by atomic mass is 9.94. The number of methoxy groups -OCH3 is 1. The van der Waals surface area contributed by atoms with Crippen LogP contribution in [0.15, 0.2) is 70.4 Å². The van der Waals surface area contributed by atoms with E-state index in [1.54, 1.807) is 12.1 Å². The summed E-state index contributed by atoms with van der Waals surface area (Å²) in [6.45, 7) is 0.226. The lowest BCUT2D eigenvalue weighted by molar-refractivity contribution is -0.118. The summed E-state index contributed by atoms with van der Waals surface area (Å²) in [4.78, 5) is 26.9. The van der Waals surface area contributed by atoms with Crippen molar-refractivity contribution in [3.05, 3.63) is 76.0 Å². The van der Waals surface area contributed by atoms with Crippen molar-refractivity contribution in [1.82, 2.24) is 0 Å². The molecule has 0 radical (unpaired) electrons. The number of aliphatic hydroxyl groups excluding tert-OH is 1. The molecular formula is C20H18BrNO4. The van der Waals surface area contributed by atoms with Gasteiger partial charge in [0.05, 0.1) is 18.2 Å². The summed E-state index contributed by atoms with van der Waals surface area (Å²) in [5.41, 5.74) is 1.47. The smallest absolute Gasteiger partial charge is 0.294 e. The number of carbonyl (C=O) groups is 2. The Morgan fingerprint density at radius 3 is 2.42 bits per heavy atom. The highest BCUT2D eigenvalue weighted by atomic mass is 79.9. The molecule has 134 valence electrons. The zero-order valence-electron chi connectivity index (χ0n) is 14.2. The highest BCUT2D eigenvalue weighted by Crippen LogP contribution is 2.41. The quantitative estimate of drug-likeness (QED) is 0.775. The highest BCUT2D eigenvalue weighted by Gasteiger charge is 2.43. The van der Waals surface area contributed by atoms with Crippen LogP contribution in [-0.2, 0) is 14.3 Å². The van der Waals surface area contributed by atoms with Crippen LogP contribution in [0.25, 0.3) is 0 Å². The van der Waals surface area contributed by atoms with Gasteiger partial charge in [0.1, 0.15) is 0 Å². The monoisotopic (exact) mass is 415 g/mol. The Bertz CT molecular complexity index is 846. The molecule has 0 aliphatic carbocycles. The molecule has 1 atom stereocenters. The Morgan fingerprint density at radius 2 is 1.81 bits per heavy atom. The molecule has 0 spiro atoms. The van der Waals surface area contributed by atoms with Crippen molar-refractivity contribution < 1.29 is 19.4 Å². The summed E-state index contributed by atoms with van der Waals surface area (Å²) in [6.07, 6.45) is 0.0979. The van der Waals surface area contributed by atoms with Crippen molar-refractivity contribution in [3.63, 3.8) is 0 Å². The molecule has 0 bridgehead atoms. The second kappa shape index (κ2) is 7.85. The van der Waals surface area contributed by atoms with Gasteiger partial charge in [-0.1, -0.05) is 46.3 Å². The van der Waals surface area contributed by atoms with Crippen LogP contribution in [0.5, 0.6) is 0 Å². The third-order valence-corrected chi connectivity index (χ3v) is 4.79. The van der Waals surface area contributed by atoms with Crippen molar-refractivity contribution in [2.75, 3.05) is 18.6 Å². The minimum Gasteiger partial charge on any atom is -0.503 e. The Labute approximate surface area is 160 Å². The van der Waals surface area contributed by atoms with E-state index in [0.717, 1.165) is 10.0 Å². The number of ether oxygens (including phenoxy) is 1. The molecule has 1 N–H and O–H groups in total. The van der Waals surface area contributed by atoms with Crippen LogP contribution < -0.4 is 4.90 Å². The Morgan fingerprint density at radius 1 is 1.15 bits per heavy atom. The second-order valence-corrected chi connectivity index (χ2v) is 6.81. The Hall–Kier alpha value is -2.44. The third-order valence-electron chi connectivity index (χ3n) is 4.26. The van der Waals surface area contributed by atoms with Gasteiger partial charge in [-0.3, -0.25) is 14.5 Å². The van der Waals surface area contributed by atoms with Crippen LogP contribution in [0.4, 0.5) is 5.69 Å². The van der Waals surface area contributed by atoms with E-state index < -0.39 is 17.7 Å². The average molecular weight is 416 g/mol. The zero-order valence-corrected chi connectivity index (χ0v) is 15.8. The van der Waals surface area contributed by atoms with E-state index in [1.165, 1.54) is 12.0 Å². The number of aliphatic hydroxyl groups is 1. The predicted molar refractivity (Wildman–Crippen MR) is 102 cm³/mol. The van der Waals surface area contributed by atoms with E-state index >= 15 is 0 Å². The molecule has 1 unspecified atom stereocenters. The van der Waals surface area contributed by atoms with E-state index in [4.69, 9.17) is 4.74 Å². The Kier molecular flexibility index (Phi) is 5.54. The Balaban J connectivity index is 2.09. The molecule has 2 aromatic rings. The maximum absolute atomic E-state index is 12.8. The van der Waals surface area contributed by atoms with E-state index in [9.17, 15) is 14.7 Å². The van der Waals surface area contributed by atoms with Crippen molar-refractivity contribution in [1.29, 1.82) is 0 Å². The lowest BCUT2D eigenvalue weighted by Gasteiger charge is -2.27. The zero-order chi connectivity index (χ0) is 18.7. The molecular weight excluding hydrogens is 398 g/mol. The van der Waals surface area contributed by atoms with Gasteiger partial charge in [-0.05, 0) is 29.8 Å². The number of rotatable bonds is 6. The van der Waals surface area contributed by atoms with Crippen LogP contribution >= 0.6 is 15.9 Å². The molecule has 0 saturated heterocycles. The second-order valence-electron chi connectivity index (χ2n) is 5.89. The summed E-state index contributed by atoms with van der Waals surface area (Å²) in [5.74, 6) is -1.38. The van der Waals surface area contributed by atoms with E-state index in [-0.39, 0.29) is 24.4 Å². The van der Waals surface area contributed by atoms with Crippen LogP contribution in [0.1, 0.15) is 18.0 Å². The fourth-order valence-electron chi connectivity index (χ4n) is 3.04. The molecule has 5 nitrogen and oxygen atoms in total. The van der Waals surface area contributed by atoms with E-state index in [2.05, 4.69) is 15.9 Å². The van der Waals surface area contributed by atoms with Gasteiger partial charge in [0.25, 0.3) is 5.91 Å². The molecule has 1 aliphatic rings. The molecule has 0 aromatic heterocycles. The molecule has 1 aliphatic heterocycles. The minimum atomic E-state index is -0.672. The van der Waals surface area contributed by atoms with E-state index in [1.807, 2.05) is 42.5 Å². The van der Waals surface area contributed by atoms with Crippen molar-refractivity contribution in [3.8, 4) is 0 Å². The molecule has 2 aromatic carbocycles. The molecule has 1 heterocycles. The van der Waals surface area contributed by atoms with Gasteiger partial charge in [-0.15, -0.1) is 0 Å². The summed E-state index contributed by atoms with van der Waals surface area (Å²) in [6, 6.07) is 15.7. The fourth-order valence-corrected chi connectivity index (χ4v) is 3.30. The first-order chi connectivity index (χ1) is 12.5. The standard InChI is InChI=1S/C20H18BrNO4/c1-26-12-11-16(23)17-18(13-5-3-2-4-6-13)22(20(25)19(17)24)15-9-7-14(21)8-10-15/h2-10,18,24H,11-12H2,1H3. The van der Waals surface area contributed by atoms with Crippen LogP contribution in [0.3, 0.4) is 0 Å². The molecule has 0 fully saturated rings. The summed E-state index contributed by atoms with van der Waals surface area (Å²) in [7, 11) is 1.50. The molecule has 3 rings (SSSR count). The van der Waals surface area contributed by atoms with Crippen LogP contribution in [-0.4, -0.2) is 30.5 Å². The first kappa shape index (κ1) is 18.4. The fraction of sp³-hybridized carbons (Fsp3) is 0.200. The highest BCUT2D eigenvalue weighted by molar-refractivity contribution is 9.10. The van der Waals surface area contributed by atoms with E-state index in [0.29, 0.717) is 5.69 Å². The van der Waals surface area contributed by atoms with Crippen molar-refractivity contribution in [2.45, 2.75) is 12.5 Å². The maximum Gasteiger partial charge on any atom is 0.294 e. The van der Waals surface area contributed by atoms with Gasteiger partial charge in [0.2, 0.25) is 0 Å². The van der Waals surface area contributed by atoms with Crippen LogP contribution in [0.2, 0.25) is 0 Å². The number of amides is 1. The number of carbonyl (C=O) groups excluding carboxylic acids is 2. The number of nitrogens with zero attached hydrogens (tertiary/aromatic N) is 1. The topological polar surface area (TPSA) is 66.8 Å². The summed E-state index contributed by atoms with van der Waals surface area (Å²) < 4.78 is 5.84. The van der Waals surface area contributed by atoms with Gasteiger partial charge in [0.15, 0.2) is 11.5 Å². The van der Waals surface area contributed by atoms with Gasteiger partial charge >= 0.3 is 0 Å². The summed E-state index contributed by atoms with van der Waals surface area (Å²) in [5, 5.41) is 10.5. The lowest BCUT2D eigenvalue weighted by Crippen LogP contribution is -2.31. The normalized spacial score (nSPS) is 17.1. The number of hydrogen-bond donors (Lipinski definition) is 1. The molecule has 26 heavy (non-hydrogen) atoms.